The summed E-state index contributed by atoms with van der Waals surface area (Å²) in [4.78, 5) is 34.1. The van der Waals surface area contributed by atoms with Crippen molar-refractivity contribution in [1.29, 1.82) is 0 Å². The Morgan fingerprint density at radius 3 is 2.26 bits per heavy atom. The van der Waals surface area contributed by atoms with Gasteiger partial charge in [0, 0.05) is 35.9 Å². The van der Waals surface area contributed by atoms with Crippen LogP contribution in [-0.2, 0) is 9.59 Å². The fourth-order valence-corrected chi connectivity index (χ4v) is 5.67. The second-order valence-electron chi connectivity index (χ2n) is 11.3. The lowest BCUT2D eigenvalue weighted by Gasteiger charge is -2.27. The molecule has 2 N–H and O–H groups in total. The second-order valence-corrected chi connectivity index (χ2v) is 11.3. The topological polar surface area (TPSA) is 107 Å². The number of aromatic nitrogens is 1. The molecule has 2 atom stereocenters. The average Bonchev–Trinajstić information content (AvgIpc) is 3.75. The number of nitrogens with two attached hydrogens (primary N) is 1. The Labute approximate surface area is 266 Å². The summed E-state index contributed by atoms with van der Waals surface area (Å²) in [6.07, 6.45) is 2.67. The normalized spacial score (nSPS) is 17.2. The number of amides is 2. The molecule has 0 aliphatic heterocycles. The first-order valence-corrected chi connectivity index (χ1v) is 15.3. The van der Waals surface area contributed by atoms with Crippen molar-refractivity contribution in [1.82, 2.24) is 9.88 Å². The molecule has 5 rings (SSSR count). The highest BCUT2D eigenvalue weighted by molar-refractivity contribution is 6.17. The number of primary amides is 1. The van der Waals surface area contributed by atoms with E-state index in [0.717, 1.165) is 32.1 Å². The molecular formula is C35H38F2N4O5. The molecule has 0 bridgehead atoms. The van der Waals surface area contributed by atoms with E-state index in [4.69, 9.17) is 19.9 Å². The van der Waals surface area contributed by atoms with Crippen LogP contribution in [0.25, 0.3) is 10.9 Å². The zero-order valence-corrected chi connectivity index (χ0v) is 26.4. The number of fused-ring (bicyclic) bond motifs is 1. The zero-order valence-electron chi connectivity index (χ0n) is 26.4. The fraction of sp³-hybridized carbons (Fsp3) is 0.343. The number of hydrogen-bond acceptors (Lipinski definition) is 7. The molecule has 3 aromatic carbocycles. The Morgan fingerprint density at radius 2 is 1.65 bits per heavy atom. The number of hydrogen-bond donors (Lipinski definition) is 1. The smallest absolute Gasteiger partial charge is 0.247 e. The number of halogens is 2. The van der Waals surface area contributed by atoms with Crippen LogP contribution >= 0.6 is 0 Å². The van der Waals surface area contributed by atoms with E-state index in [1.54, 1.807) is 31.3 Å². The van der Waals surface area contributed by atoms with Gasteiger partial charge in [0.2, 0.25) is 11.8 Å². The number of carbonyl (C=O) groups excluding carboxylic acids is 2. The van der Waals surface area contributed by atoms with Gasteiger partial charge in [-0.2, -0.15) is 0 Å². The Kier molecular flexibility index (Phi) is 9.71. The van der Waals surface area contributed by atoms with Crippen molar-refractivity contribution in [3.63, 3.8) is 0 Å². The minimum absolute atomic E-state index is 0.108. The lowest BCUT2D eigenvalue weighted by molar-refractivity contribution is -0.134. The largest absolute Gasteiger partial charge is 0.493 e. The Balaban J connectivity index is 1.42. The van der Waals surface area contributed by atoms with Crippen LogP contribution in [0.4, 0.5) is 20.2 Å². The van der Waals surface area contributed by atoms with Gasteiger partial charge in [0.1, 0.15) is 17.0 Å². The number of methoxy groups -OCH3 is 1. The van der Waals surface area contributed by atoms with Crippen LogP contribution < -0.4 is 24.8 Å². The van der Waals surface area contributed by atoms with Crippen molar-refractivity contribution in [3.05, 3.63) is 78.5 Å². The van der Waals surface area contributed by atoms with E-state index in [0.29, 0.717) is 34.8 Å². The summed E-state index contributed by atoms with van der Waals surface area (Å²) in [6, 6.07) is 14.3. The predicted octanol–water partition coefficient (Wildman–Crippen LogP) is 6.60. The van der Waals surface area contributed by atoms with Gasteiger partial charge in [0.25, 0.3) is 0 Å². The van der Waals surface area contributed by atoms with Crippen molar-refractivity contribution in [3.8, 4) is 23.0 Å². The van der Waals surface area contributed by atoms with E-state index < -0.39 is 28.9 Å². The van der Waals surface area contributed by atoms with E-state index >= 15 is 4.39 Å². The summed E-state index contributed by atoms with van der Waals surface area (Å²) in [5.74, 6) is -1.68. The summed E-state index contributed by atoms with van der Waals surface area (Å²) in [5.41, 5.74) is 5.18. The Bertz CT molecular complexity index is 1730. The third-order valence-electron chi connectivity index (χ3n) is 8.57. The van der Waals surface area contributed by atoms with Crippen LogP contribution in [0.2, 0.25) is 0 Å². The SMILES string of the molecule is CCN(CC)CCCOc1cc2nccc(Oc3ccc(N(C(=O)C4(C(N)=O)CC4C)c4ccc(F)cc4)cc3F)c2cc1OC. The Hall–Kier alpha value is -4.77. The van der Waals surface area contributed by atoms with Crippen molar-refractivity contribution >= 4 is 34.1 Å². The molecule has 0 spiro atoms. The molecule has 1 saturated carbocycles. The molecular weight excluding hydrogens is 594 g/mol. The molecule has 1 aliphatic rings. The van der Waals surface area contributed by atoms with Gasteiger partial charge in [0.05, 0.1) is 24.9 Å². The maximum absolute atomic E-state index is 15.7. The summed E-state index contributed by atoms with van der Waals surface area (Å²) in [5, 5.41) is 0.576. The highest BCUT2D eigenvalue weighted by Gasteiger charge is 2.64. The standard InChI is InChI=1S/C35H38F2N4O5/c1-5-40(6-2)16-7-17-45-32-20-28-26(19-31(32)44-4)29(14-15-39-28)46-30-13-12-25(18-27(30)37)41(24-10-8-23(36)9-11-24)34(43)35(33(38)42)21-22(35)3/h8-15,18-20,22H,5-7,16-17,21H2,1-4H3,(H2,38,42). The van der Waals surface area contributed by atoms with Crippen LogP contribution in [0.5, 0.6) is 23.0 Å². The molecule has 11 heteroatoms. The molecule has 0 radical (unpaired) electrons. The number of rotatable bonds is 14. The first kappa shape index (κ1) is 32.6. The third-order valence-corrected chi connectivity index (χ3v) is 8.57. The van der Waals surface area contributed by atoms with Gasteiger partial charge < -0.3 is 24.8 Å². The quantitative estimate of drug-likeness (QED) is 0.123. The molecule has 2 unspecified atom stereocenters. The summed E-state index contributed by atoms with van der Waals surface area (Å²) in [6.45, 7) is 9.38. The fourth-order valence-electron chi connectivity index (χ4n) is 5.67. The minimum Gasteiger partial charge on any atom is -0.493 e. The van der Waals surface area contributed by atoms with Crippen molar-refractivity contribution in [2.75, 3.05) is 38.3 Å². The molecule has 1 aliphatic carbocycles. The summed E-state index contributed by atoms with van der Waals surface area (Å²) in [7, 11) is 1.54. The molecule has 1 aromatic heterocycles. The number of ether oxygens (including phenoxy) is 3. The van der Waals surface area contributed by atoms with Gasteiger partial charge in [-0.25, -0.2) is 8.78 Å². The molecule has 1 fully saturated rings. The molecule has 9 nitrogen and oxygen atoms in total. The number of benzene rings is 3. The molecule has 4 aromatic rings. The molecule has 2 amide bonds. The van der Waals surface area contributed by atoms with Crippen LogP contribution in [0, 0.1) is 23.0 Å². The van der Waals surface area contributed by atoms with Gasteiger partial charge in [-0.05, 0) is 80.4 Å². The van der Waals surface area contributed by atoms with Gasteiger partial charge >= 0.3 is 0 Å². The molecule has 1 heterocycles. The number of pyridine rings is 1. The zero-order chi connectivity index (χ0) is 33.0. The van der Waals surface area contributed by atoms with Gasteiger partial charge in [0.15, 0.2) is 23.1 Å². The van der Waals surface area contributed by atoms with E-state index in [9.17, 15) is 14.0 Å². The second kappa shape index (κ2) is 13.7. The van der Waals surface area contributed by atoms with E-state index in [1.165, 1.54) is 48.4 Å². The highest BCUT2D eigenvalue weighted by Crippen LogP contribution is 2.54. The van der Waals surface area contributed by atoms with Gasteiger partial charge in [-0.1, -0.05) is 20.8 Å². The first-order valence-electron chi connectivity index (χ1n) is 15.3. The number of carbonyl (C=O) groups is 2. The molecule has 46 heavy (non-hydrogen) atoms. The van der Waals surface area contributed by atoms with Crippen LogP contribution in [-0.4, -0.2) is 55.0 Å². The summed E-state index contributed by atoms with van der Waals surface area (Å²) < 4.78 is 47.1. The van der Waals surface area contributed by atoms with Crippen molar-refractivity contribution < 1.29 is 32.6 Å². The first-order chi connectivity index (χ1) is 22.1. The maximum atomic E-state index is 15.7. The van der Waals surface area contributed by atoms with E-state index in [2.05, 4.69) is 23.7 Å². The third kappa shape index (κ3) is 6.46. The number of anilines is 2. The van der Waals surface area contributed by atoms with E-state index in [-0.39, 0.29) is 29.5 Å². The average molecular weight is 633 g/mol. The van der Waals surface area contributed by atoms with Crippen LogP contribution in [0.15, 0.2) is 66.9 Å². The number of nitrogens with zero attached hydrogens (tertiary/aromatic N) is 3. The molecule has 242 valence electrons. The van der Waals surface area contributed by atoms with Crippen LogP contribution in [0.1, 0.15) is 33.6 Å². The lowest BCUT2D eigenvalue weighted by atomic mass is 10.00. The predicted molar refractivity (Wildman–Crippen MR) is 172 cm³/mol. The summed E-state index contributed by atoms with van der Waals surface area (Å²) >= 11 is 0. The van der Waals surface area contributed by atoms with Crippen molar-refractivity contribution in [2.45, 2.75) is 33.6 Å². The maximum Gasteiger partial charge on any atom is 0.247 e. The van der Waals surface area contributed by atoms with Gasteiger partial charge in [-0.15, -0.1) is 0 Å². The van der Waals surface area contributed by atoms with Crippen molar-refractivity contribution in [2.24, 2.45) is 17.1 Å². The van der Waals surface area contributed by atoms with E-state index in [1.807, 2.05) is 0 Å². The monoisotopic (exact) mass is 632 g/mol. The van der Waals surface area contributed by atoms with Crippen LogP contribution in [0.3, 0.4) is 0 Å². The molecule has 0 saturated heterocycles. The highest BCUT2D eigenvalue weighted by atomic mass is 19.1. The lowest BCUT2D eigenvalue weighted by Crippen LogP contribution is -2.42. The van der Waals surface area contributed by atoms with Gasteiger partial charge in [-0.3, -0.25) is 19.5 Å². The minimum atomic E-state index is -1.43. The Morgan fingerprint density at radius 1 is 0.957 bits per heavy atom.